The third-order valence-corrected chi connectivity index (χ3v) is 7.20. The van der Waals surface area contributed by atoms with Gasteiger partial charge in [0.2, 0.25) is 0 Å². The largest absolute Gasteiger partial charge is 0.371 e. The van der Waals surface area contributed by atoms with Crippen molar-refractivity contribution < 1.29 is 18.5 Å². The van der Waals surface area contributed by atoms with Crippen molar-refractivity contribution in [2.75, 3.05) is 19.8 Å². The van der Waals surface area contributed by atoms with E-state index in [1.54, 1.807) is 13.0 Å². The van der Waals surface area contributed by atoms with Crippen LogP contribution >= 0.6 is 8.53 Å². The van der Waals surface area contributed by atoms with E-state index in [0.717, 1.165) is 0 Å². The first-order chi connectivity index (χ1) is 15.7. The van der Waals surface area contributed by atoms with Gasteiger partial charge in [-0.1, -0.05) is 6.08 Å². The smallest absolute Gasteiger partial charge is 0.330 e. The molecule has 1 aromatic heterocycles. The second-order valence-electron chi connectivity index (χ2n) is 8.43. The number of aromatic nitrogens is 2. The fraction of sp³-hybridized carbons (Fsp3) is 0.682. The predicted octanol–water partition coefficient (Wildman–Crippen LogP) is 3.12. The summed E-state index contributed by atoms with van der Waals surface area (Å²) in [7, 11) is -1.39. The van der Waals surface area contributed by atoms with Crippen LogP contribution < -0.4 is 11.2 Å². The minimum Gasteiger partial charge on any atom is -0.371 e. The summed E-state index contributed by atoms with van der Waals surface area (Å²) in [6.07, 6.45) is 4.07. The Morgan fingerprint density at radius 2 is 2.03 bits per heavy atom. The highest BCUT2D eigenvalue weighted by atomic mass is 31.2. The van der Waals surface area contributed by atoms with E-state index in [-0.39, 0.29) is 24.8 Å². The Hall–Kier alpha value is -1.68. The fourth-order valence-electron chi connectivity index (χ4n) is 3.66. The third-order valence-electron chi connectivity index (χ3n) is 5.12. The number of hydrogen-bond acceptors (Lipinski definition) is 8. The van der Waals surface area contributed by atoms with Crippen LogP contribution in [0.1, 0.15) is 52.3 Å². The molecule has 2 N–H and O–H groups in total. The predicted molar refractivity (Wildman–Crippen MR) is 129 cm³/mol. The molecule has 2 unspecified atom stereocenters. The second kappa shape index (κ2) is 13.3. The number of rotatable bonds is 14. The van der Waals surface area contributed by atoms with Gasteiger partial charge < -0.3 is 23.9 Å². The quantitative estimate of drug-likeness (QED) is 0.180. The van der Waals surface area contributed by atoms with Crippen molar-refractivity contribution in [3.05, 3.63) is 45.3 Å². The molecule has 0 spiro atoms. The maximum Gasteiger partial charge on any atom is 0.330 e. The highest BCUT2D eigenvalue weighted by molar-refractivity contribution is 7.44. The first-order valence-corrected chi connectivity index (χ1v) is 12.4. The van der Waals surface area contributed by atoms with Crippen molar-refractivity contribution in [1.29, 1.82) is 5.41 Å². The molecule has 1 saturated heterocycles. The van der Waals surface area contributed by atoms with E-state index in [1.165, 1.54) is 17.0 Å². The molecule has 0 saturated carbocycles. The molecule has 11 heteroatoms. The number of nitrogens with zero attached hydrogens (tertiary/aromatic N) is 2. The van der Waals surface area contributed by atoms with E-state index in [1.807, 2.05) is 0 Å². The normalized spacial score (nSPS) is 21.8. The van der Waals surface area contributed by atoms with Crippen LogP contribution in [0.2, 0.25) is 0 Å². The van der Waals surface area contributed by atoms with Gasteiger partial charge in [0, 0.05) is 36.7 Å². The molecule has 10 nitrogen and oxygen atoms in total. The minimum absolute atomic E-state index is 0.198. The zero-order chi connectivity index (χ0) is 24.5. The molecule has 2 rings (SSSR count). The molecule has 2 heterocycles. The monoisotopic (exact) mass is 484 g/mol. The van der Waals surface area contributed by atoms with Gasteiger partial charge in [-0.15, -0.1) is 6.58 Å². The standard InChI is InChI=1S/C22H37N4O6P/c1-7-10-29-18-12-20(25-13-17(6)21(27)24-22(25)28)32-19(18)14-31-33(30-11-8-9-23)26(15(2)3)16(4)5/h7,9,13,15-16,18-20,23H,1,8,10-12,14H2,2-6H3,(H,24,27,28)/t18?,19-,20-,33?/m1/s1. The minimum atomic E-state index is -1.39. The summed E-state index contributed by atoms with van der Waals surface area (Å²) in [6.45, 7) is 14.6. The van der Waals surface area contributed by atoms with Gasteiger partial charge in [-0.25, -0.2) is 9.46 Å². The summed E-state index contributed by atoms with van der Waals surface area (Å²) in [5.41, 5.74) is -0.513. The summed E-state index contributed by atoms with van der Waals surface area (Å²) in [5.74, 6) is 0. The fourth-order valence-corrected chi connectivity index (χ4v) is 5.29. The number of ether oxygens (including phenoxy) is 2. The summed E-state index contributed by atoms with van der Waals surface area (Å²) >= 11 is 0. The Morgan fingerprint density at radius 1 is 1.33 bits per heavy atom. The van der Waals surface area contributed by atoms with Gasteiger partial charge in [-0.3, -0.25) is 14.3 Å². The van der Waals surface area contributed by atoms with Crippen LogP contribution in [-0.4, -0.2) is 64.5 Å². The van der Waals surface area contributed by atoms with E-state index in [0.29, 0.717) is 31.6 Å². The summed E-state index contributed by atoms with van der Waals surface area (Å²) in [6, 6.07) is 0.396. The first kappa shape index (κ1) is 27.6. The Labute approximate surface area is 196 Å². The molecule has 0 aromatic carbocycles. The van der Waals surface area contributed by atoms with Crippen molar-refractivity contribution in [3.63, 3.8) is 0 Å². The van der Waals surface area contributed by atoms with Gasteiger partial charge in [0.1, 0.15) is 12.3 Å². The molecule has 4 atom stereocenters. The third kappa shape index (κ3) is 7.67. The van der Waals surface area contributed by atoms with Crippen LogP contribution in [0.15, 0.2) is 28.4 Å². The van der Waals surface area contributed by atoms with Crippen LogP contribution in [0.25, 0.3) is 0 Å². The van der Waals surface area contributed by atoms with Gasteiger partial charge >= 0.3 is 5.69 Å². The molecule has 186 valence electrons. The average Bonchev–Trinajstić information content (AvgIpc) is 3.15. The lowest BCUT2D eigenvalue weighted by Crippen LogP contribution is -2.35. The lowest BCUT2D eigenvalue weighted by Gasteiger charge is -2.36. The van der Waals surface area contributed by atoms with Gasteiger partial charge in [-0.05, 0) is 40.8 Å². The molecule has 1 aromatic rings. The molecule has 1 aliphatic rings. The van der Waals surface area contributed by atoms with Crippen LogP contribution in [0, 0.1) is 12.3 Å². The zero-order valence-electron chi connectivity index (χ0n) is 20.2. The molecule has 0 amide bonds. The lowest BCUT2D eigenvalue weighted by molar-refractivity contribution is -0.0556. The number of aromatic amines is 1. The number of H-pyrrole nitrogens is 1. The Kier molecular flexibility index (Phi) is 11.1. The van der Waals surface area contributed by atoms with Crippen LogP contribution in [0.3, 0.4) is 0 Å². The molecule has 0 bridgehead atoms. The van der Waals surface area contributed by atoms with E-state index >= 15 is 0 Å². The van der Waals surface area contributed by atoms with Crippen molar-refractivity contribution >= 4 is 14.7 Å². The number of hydrogen-bond donors (Lipinski definition) is 2. The van der Waals surface area contributed by atoms with Crippen molar-refractivity contribution in [1.82, 2.24) is 14.2 Å². The maximum absolute atomic E-state index is 12.4. The maximum atomic E-state index is 12.4. The molecule has 1 aliphatic heterocycles. The summed E-state index contributed by atoms with van der Waals surface area (Å²) in [4.78, 5) is 26.4. The van der Waals surface area contributed by atoms with Crippen molar-refractivity contribution in [2.45, 2.75) is 78.0 Å². The van der Waals surface area contributed by atoms with Gasteiger partial charge in [0.15, 0.2) is 0 Å². The molecule has 1 fully saturated rings. The summed E-state index contributed by atoms with van der Waals surface area (Å²) in [5, 5.41) is 7.25. The lowest BCUT2D eigenvalue weighted by atomic mass is 10.2. The topological polar surface area (TPSA) is 119 Å². The molecular weight excluding hydrogens is 447 g/mol. The van der Waals surface area contributed by atoms with E-state index in [4.69, 9.17) is 23.9 Å². The number of aryl methyl sites for hydroxylation is 1. The molecule has 33 heavy (non-hydrogen) atoms. The second-order valence-corrected chi connectivity index (χ2v) is 9.89. The molecule has 0 radical (unpaired) electrons. The Morgan fingerprint density at radius 3 is 2.64 bits per heavy atom. The van der Waals surface area contributed by atoms with E-state index < -0.39 is 32.1 Å². The van der Waals surface area contributed by atoms with Gasteiger partial charge in [-0.2, -0.15) is 0 Å². The van der Waals surface area contributed by atoms with Crippen LogP contribution in [0.4, 0.5) is 0 Å². The summed E-state index contributed by atoms with van der Waals surface area (Å²) < 4.78 is 27.9. The van der Waals surface area contributed by atoms with Crippen LogP contribution in [-0.2, 0) is 18.5 Å². The van der Waals surface area contributed by atoms with Gasteiger partial charge in [0.05, 0.1) is 25.9 Å². The van der Waals surface area contributed by atoms with E-state index in [2.05, 4.69) is 43.9 Å². The average molecular weight is 485 g/mol. The Balaban J connectivity index is 2.19. The number of nitrogens with one attached hydrogen (secondary N) is 2. The van der Waals surface area contributed by atoms with Gasteiger partial charge in [0.25, 0.3) is 14.1 Å². The van der Waals surface area contributed by atoms with Crippen LogP contribution in [0.5, 0.6) is 0 Å². The van der Waals surface area contributed by atoms with Crippen molar-refractivity contribution in [3.8, 4) is 0 Å². The van der Waals surface area contributed by atoms with Crippen molar-refractivity contribution in [2.24, 2.45) is 0 Å². The highest BCUT2D eigenvalue weighted by Crippen LogP contribution is 2.46. The Bertz CT molecular complexity index is 878. The molecular formula is C22H37N4O6P. The SMILES string of the molecule is C=CCOC1C[C@H](n2cc(C)c(=O)[nH]c2=O)O[C@@H]1COP(OCCC=N)N(C(C)C)C(C)C. The van der Waals surface area contributed by atoms with E-state index in [9.17, 15) is 9.59 Å². The molecule has 0 aliphatic carbocycles. The highest BCUT2D eigenvalue weighted by Gasteiger charge is 2.39. The zero-order valence-corrected chi connectivity index (χ0v) is 21.0. The first-order valence-electron chi connectivity index (χ1n) is 11.2.